The lowest BCUT2D eigenvalue weighted by Crippen LogP contribution is -2.55. The fourth-order valence-corrected chi connectivity index (χ4v) is 6.13. The minimum Gasteiger partial charge on any atom is -0.544 e. The number of carbonyl (C=O) groups is 3. The van der Waals surface area contributed by atoms with Crippen LogP contribution in [0.5, 0.6) is 0 Å². The van der Waals surface area contributed by atoms with E-state index >= 15 is 0 Å². The molecule has 8 heteroatoms. The summed E-state index contributed by atoms with van der Waals surface area (Å²) in [4.78, 5) is 36.9. The number of hydrogen-bond acceptors (Lipinski definition) is 7. The first-order valence-corrected chi connectivity index (χ1v) is 23.3. The molecule has 0 radical (unpaired) electrons. The molecule has 0 N–H and O–H groups in total. The van der Waals surface area contributed by atoms with Crippen LogP contribution in [0.15, 0.2) is 97.2 Å². The standard InChI is InChI=1S/C52H85NO7/c1-6-8-10-12-14-16-18-20-22-24-25-27-28-30-32-34-36-38-40-42-50(54)59-47-48(46-58-45-44-49(52(56)57)53(3,4)5)60-51(55)43-41-39-37-35-33-31-29-26-23-21-19-17-15-13-11-9-7-2/h8,10,14-17,20-23,25,27,30,32,36,38,48-49H,6-7,9,11-13,18-19,24,26,28-29,31,33-35,37,39-47H2,1-5H3/b10-8+,16-14+,17-15+,22-20+,23-21+,27-25+,32-30+,38-36+. The summed E-state index contributed by atoms with van der Waals surface area (Å²) in [7, 11) is 5.37. The molecule has 0 bridgehead atoms. The maximum atomic E-state index is 12.7. The summed E-state index contributed by atoms with van der Waals surface area (Å²) in [5.41, 5.74) is 0. The van der Waals surface area contributed by atoms with Crippen LogP contribution in [0.25, 0.3) is 0 Å². The summed E-state index contributed by atoms with van der Waals surface area (Å²) in [6.07, 6.45) is 55.9. The number of likely N-dealkylation sites (N-methyl/N-ethyl adjacent to an activating group) is 1. The third-order valence-electron chi connectivity index (χ3n) is 9.72. The van der Waals surface area contributed by atoms with Crippen LogP contribution in [0.1, 0.15) is 162 Å². The van der Waals surface area contributed by atoms with E-state index in [1.54, 1.807) is 21.1 Å². The quantitative estimate of drug-likeness (QED) is 0.0262. The topological polar surface area (TPSA) is 102 Å². The van der Waals surface area contributed by atoms with Gasteiger partial charge in [0.25, 0.3) is 0 Å². The Morgan fingerprint density at radius 1 is 0.517 bits per heavy atom. The second kappa shape index (κ2) is 42.0. The fraction of sp³-hybridized carbons (Fsp3) is 0.635. The van der Waals surface area contributed by atoms with E-state index in [-0.39, 0.29) is 49.1 Å². The molecule has 0 aromatic carbocycles. The largest absolute Gasteiger partial charge is 0.544 e. The zero-order valence-electron chi connectivity index (χ0n) is 38.6. The molecule has 0 fully saturated rings. The molecule has 60 heavy (non-hydrogen) atoms. The number of aliphatic carboxylic acids is 1. The van der Waals surface area contributed by atoms with Gasteiger partial charge in [0.2, 0.25) is 0 Å². The number of allylic oxidation sites excluding steroid dienone is 16. The minimum absolute atomic E-state index is 0.00795. The van der Waals surface area contributed by atoms with Gasteiger partial charge in [0, 0.05) is 19.3 Å². The molecule has 0 aromatic heterocycles. The minimum atomic E-state index is -1.14. The van der Waals surface area contributed by atoms with Gasteiger partial charge in [0.1, 0.15) is 12.6 Å². The Morgan fingerprint density at radius 2 is 0.967 bits per heavy atom. The third-order valence-corrected chi connectivity index (χ3v) is 9.72. The van der Waals surface area contributed by atoms with Crippen molar-refractivity contribution in [1.29, 1.82) is 0 Å². The Morgan fingerprint density at radius 3 is 1.45 bits per heavy atom. The molecule has 2 unspecified atom stereocenters. The molecule has 8 nitrogen and oxygen atoms in total. The SMILES string of the molecule is CC/C=C/C/C=C/C/C=C/C/C=C/C/C=C/C/C=C/CCC(=O)OCC(COCCC(C(=O)[O-])[N+](C)(C)C)OC(=O)CCCCCCCCC/C=C/C/C=C/CCCCC. The molecule has 0 aliphatic rings. The van der Waals surface area contributed by atoms with Crippen LogP contribution in [-0.4, -0.2) is 75.5 Å². The normalized spacial score (nSPS) is 13.8. The van der Waals surface area contributed by atoms with Crippen LogP contribution < -0.4 is 5.11 Å². The van der Waals surface area contributed by atoms with Crippen molar-refractivity contribution >= 4 is 17.9 Å². The molecule has 2 atom stereocenters. The summed E-state index contributed by atoms with van der Waals surface area (Å²) in [5, 5.41) is 11.6. The number of rotatable bonds is 40. The van der Waals surface area contributed by atoms with Gasteiger partial charge in [0.05, 0.1) is 40.3 Å². The van der Waals surface area contributed by atoms with Crippen LogP contribution in [0.3, 0.4) is 0 Å². The average Bonchev–Trinajstić information content (AvgIpc) is 3.21. The number of quaternary nitrogens is 1. The van der Waals surface area contributed by atoms with Gasteiger partial charge >= 0.3 is 11.9 Å². The van der Waals surface area contributed by atoms with E-state index in [0.717, 1.165) is 77.0 Å². The lowest BCUT2D eigenvalue weighted by atomic mass is 10.1. The first-order valence-electron chi connectivity index (χ1n) is 23.3. The van der Waals surface area contributed by atoms with Gasteiger partial charge in [-0.2, -0.15) is 0 Å². The molecular formula is C52H85NO7. The van der Waals surface area contributed by atoms with Gasteiger partial charge in [0.15, 0.2) is 6.10 Å². The summed E-state index contributed by atoms with van der Waals surface area (Å²) in [6.45, 7) is 4.42. The van der Waals surface area contributed by atoms with Crippen molar-refractivity contribution < 1.29 is 38.2 Å². The van der Waals surface area contributed by atoms with Gasteiger partial charge in [-0.05, 0) is 83.5 Å². The van der Waals surface area contributed by atoms with Crippen LogP contribution in [0.4, 0.5) is 0 Å². The van der Waals surface area contributed by atoms with Crippen LogP contribution in [0.2, 0.25) is 0 Å². The average molecular weight is 836 g/mol. The lowest BCUT2D eigenvalue weighted by Gasteiger charge is -2.34. The highest BCUT2D eigenvalue weighted by Gasteiger charge is 2.25. The number of nitrogens with zero attached hydrogens (tertiary/aromatic N) is 1. The highest BCUT2D eigenvalue weighted by molar-refractivity contribution is 5.70. The summed E-state index contributed by atoms with van der Waals surface area (Å²) in [6, 6.07) is -0.743. The molecule has 0 heterocycles. The monoisotopic (exact) mass is 836 g/mol. The van der Waals surface area contributed by atoms with Crippen molar-refractivity contribution in [3.63, 3.8) is 0 Å². The predicted molar refractivity (Wildman–Crippen MR) is 249 cm³/mol. The number of unbranched alkanes of at least 4 members (excludes halogenated alkanes) is 10. The molecule has 0 saturated heterocycles. The molecule has 0 saturated carbocycles. The van der Waals surface area contributed by atoms with E-state index in [1.165, 1.54) is 44.9 Å². The Hall–Kier alpha value is -3.75. The molecule has 0 aliphatic carbocycles. The van der Waals surface area contributed by atoms with Crippen molar-refractivity contribution in [3.05, 3.63) is 97.2 Å². The second-order valence-corrected chi connectivity index (χ2v) is 16.3. The van der Waals surface area contributed by atoms with Crippen LogP contribution in [0, 0.1) is 0 Å². The number of carboxylic acids is 1. The summed E-state index contributed by atoms with van der Waals surface area (Å²) >= 11 is 0. The van der Waals surface area contributed by atoms with E-state index in [2.05, 4.69) is 98.9 Å². The number of esters is 2. The van der Waals surface area contributed by atoms with E-state index < -0.39 is 18.1 Å². The van der Waals surface area contributed by atoms with Crippen molar-refractivity contribution in [1.82, 2.24) is 0 Å². The Balaban J connectivity index is 4.47. The molecule has 0 rings (SSSR count). The van der Waals surface area contributed by atoms with Gasteiger partial charge in [-0.15, -0.1) is 0 Å². The van der Waals surface area contributed by atoms with Gasteiger partial charge in [-0.25, -0.2) is 0 Å². The van der Waals surface area contributed by atoms with E-state index in [0.29, 0.717) is 12.8 Å². The highest BCUT2D eigenvalue weighted by atomic mass is 16.6. The van der Waals surface area contributed by atoms with E-state index in [1.807, 2.05) is 12.2 Å². The molecule has 0 aliphatic heterocycles. The third kappa shape index (κ3) is 39.7. The molecule has 0 aromatic rings. The summed E-state index contributed by atoms with van der Waals surface area (Å²) in [5.74, 6) is -1.86. The van der Waals surface area contributed by atoms with Crippen molar-refractivity contribution in [2.75, 3.05) is 41.0 Å². The smallest absolute Gasteiger partial charge is 0.306 e. The van der Waals surface area contributed by atoms with E-state index in [4.69, 9.17) is 14.2 Å². The molecular weight excluding hydrogens is 751 g/mol. The first-order chi connectivity index (χ1) is 29.1. The maximum absolute atomic E-state index is 12.7. The highest BCUT2D eigenvalue weighted by Crippen LogP contribution is 2.13. The number of carboxylic acid groups (broad SMARTS) is 1. The van der Waals surface area contributed by atoms with Crippen molar-refractivity contribution in [3.8, 4) is 0 Å². The van der Waals surface area contributed by atoms with Gasteiger partial charge < -0.3 is 28.6 Å². The predicted octanol–water partition coefficient (Wildman–Crippen LogP) is 11.7. The van der Waals surface area contributed by atoms with E-state index in [9.17, 15) is 19.5 Å². The van der Waals surface area contributed by atoms with Gasteiger partial charge in [-0.3, -0.25) is 9.59 Å². The van der Waals surface area contributed by atoms with Crippen molar-refractivity contribution in [2.45, 2.75) is 174 Å². The second-order valence-electron chi connectivity index (χ2n) is 16.3. The fourth-order valence-electron chi connectivity index (χ4n) is 6.13. The summed E-state index contributed by atoms with van der Waals surface area (Å²) < 4.78 is 17.1. The zero-order chi connectivity index (χ0) is 44.2. The Labute approximate surface area is 366 Å². The molecule has 340 valence electrons. The molecule has 0 amide bonds. The maximum Gasteiger partial charge on any atom is 0.306 e. The van der Waals surface area contributed by atoms with Crippen LogP contribution in [-0.2, 0) is 28.6 Å². The number of ether oxygens (including phenoxy) is 3. The number of carbonyl (C=O) groups excluding carboxylic acids is 3. The Kier molecular flexibility index (Phi) is 39.3. The molecule has 0 spiro atoms. The van der Waals surface area contributed by atoms with Gasteiger partial charge in [-0.1, -0.05) is 156 Å². The zero-order valence-corrected chi connectivity index (χ0v) is 38.6. The lowest BCUT2D eigenvalue weighted by molar-refractivity contribution is -0.889. The van der Waals surface area contributed by atoms with Crippen molar-refractivity contribution in [2.24, 2.45) is 0 Å². The first kappa shape index (κ1) is 56.2. The van der Waals surface area contributed by atoms with Crippen LogP contribution >= 0.6 is 0 Å². The number of hydrogen-bond donors (Lipinski definition) is 0. The Bertz CT molecular complexity index is 1300.